The summed E-state index contributed by atoms with van der Waals surface area (Å²) in [5.74, 6) is 0.309. The van der Waals surface area contributed by atoms with Gasteiger partial charge in [-0.1, -0.05) is 27.5 Å². The third kappa shape index (κ3) is 2.87. The number of carbonyl (C=O) groups excluding carboxylic acids is 1. The highest BCUT2D eigenvalue weighted by Crippen LogP contribution is 2.30. The second kappa shape index (κ2) is 6.10. The molecule has 0 aliphatic carbocycles. The molecule has 0 saturated carbocycles. The van der Waals surface area contributed by atoms with Gasteiger partial charge in [0.15, 0.2) is 0 Å². The molecule has 4 nitrogen and oxygen atoms in total. The van der Waals surface area contributed by atoms with Crippen LogP contribution in [0.25, 0.3) is 22.4 Å². The van der Waals surface area contributed by atoms with Crippen LogP contribution in [0, 0.1) is 0 Å². The van der Waals surface area contributed by atoms with E-state index in [-0.39, 0.29) is 5.97 Å². The number of esters is 1. The summed E-state index contributed by atoms with van der Waals surface area (Å²) in [6, 6.07) is 10.8. The first kappa shape index (κ1) is 15.1. The molecule has 0 radical (unpaired) electrons. The van der Waals surface area contributed by atoms with Crippen LogP contribution in [0.1, 0.15) is 17.3 Å². The van der Waals surface area contributed by atoms with Crippen LogP contribution in [0.4, 0.5) is 0 Å². The maximum Gasteiger partial charge on any atom is 0.338 e. The highest BCUT2D eigenvalue weighted by atomic mass is 79.9. The monoisotopic (exact) mass is 378 g/mol. The molecule has 0 aliphatic heterocycles. The molecule has 3 aromatic rings. The first-order valence-electron chi connectivity index (χ1n) is 6.71. The highest BCUT2D eigenvalue weighted by Gasteiger charge is 2.12. The van der Waals surface area contributed by atoms with Crippen LogP contribution in [-0.2, 0) is 4.74 Å². The quantitative estimate of drug-likeness (QED) is 0.664. The molecule has 2 aromatic carbocycles. The van der Waals surface area contributed by atoms with Gasteiger partial charge in [0.1, 0.15) is 5.82 Å². The normalized spacial score (nSPS) is 10.9. The summed E-state index contributed by atoms with van der Waals surface area (Å²) < 4.78 is 5.92. The number of hydrogen-bond donors (Lipinski definition) is 1. The number of nitrogens with zero attached hydrogens (tertiary/aromatic N) is 1. The molecule has 6 heteroatoms. The smallest absolute Gasteiger partial charge is 0.338 e. The number of rotatable bonds is 3. The molecule has 1 N–H and O–H groups in total. The van der Waals surface area contributed by atoms with Gasteiger partial charge >= 0.3 is 5.97 Å². The number of H-pyrrole nitrogens is 1. The maximum atomic E-state index is 11.8. The highest BCUT2D eigenvalue weighted by molar-refractivity contribution is 9.10. The Morgan fingerprint density at radius 2 is 2.14 bits per heavy atom. The Kier molecular flexibility index (Phi) is 4.18. The summed E-state index contributed by atoms with van der Waals surface area (Å²) in [5, 5.41) is 0.605. The van der Waals surface area contributed by atoms with Crippen LogP contribution >= 0.6 is 27.5 Å². The van der Waals surface area contributed by atoms with Gasteiger partial charge in [-0.2, -0.15) is 0 Å². The van der Waals surface area contributed by atoms with Gasteiger partial charge in [-0.3, -0.25) is 0 Å². The van der Waals surface area contributed by atoms with Crippen molar-refractivity contribution in [1.29, 1.82) is 0 Å². The summed E-state index contributed by atoms with van der Waals surface area (Å²) >= 11 is 9.65. The Hall–Kier alpha value is -1.85. The van der Waals surface area contributed by atoms with Crippen molar-refractivity contribution in [2.75, 3.05) is 6.61 Å². The van der Waals surface area contributed by atoms with E-state index in [4.69, 9.17) is 16.3 Å². The number of aromatic amines is 1. The molecule has 0 amide bonds. The Morgan fingerprint density at radius 1 is 1.32 bits per heavy atom. The van der Waals surface area contributed by atoms with E-state index < -0.39 is 0 Å². The van der Waals surface area contributed by atoms with Gasteiger partial charge in [0.05, 0.1) is 28.2 Å². The number of imidazole rings is 1. The maximum absolute atomic E-state index is 11.8. The summed E-state index contributed by atoms with van der Waals surface area (Å²) in [5.41, 5.74) is 2.81. The van der Waals surface area contributed by atoms with E-state index in [1.165, 1.54) is 0 Å². The van der Waals surface area contributed by atoms with Crippen LogP contribution in [0.5, 0.6) is 0 Å². The van der Waals surface area contributed by atoms with Gasteiger partial charge in [0.25, 0.3) is 0 Å². The number of aromatic nitrogens is 2. The third-order valence-corrected chi connectivity index (χ3v) is 4.00. The van der Waals surface area contributed by atoms with Crippen LogP contribution < -0.4 is 0 Å². The molecule has 0 fully saturated rings. The average Bonchev–Trinajstić information content (AvgIpc) is 2.92. The van der Waals surface area contributed by atoms with Crippen LogP contribution in [0.15, 0.2) is 40.9 Å². The fourth-order valence-electron chi connectivity index (χ4n) is 2.16. The fraction of sp³-hybridized carbons (Fsp3) is 0.125. The molecule has 0 bridgehead atoms. The largest absolute Gasteiger partial charge is 0.462 e. The standard InChI is InChI=1S/C16H12BrClN2O2/c1-2-22-16(21)9-3-6-13-14(7-9)20-15(19-13)11-8-10(17)4-5-12(11)18/h3-8H,2H2,1H3,(H,19,20). The first-order valence-corrected chi connectivity index (χ1v) is 7.88. The summed E-state index contributed by atoms with van der Waals surface area (Å²) in [7, 11) is 0. The van der Waals surface area contributed by atoms with Crippen molar-refractivity contribution in [3.63, 3.8) is 0 Å². The third-order valence-electron chi connectivity index (χ3n) is 3.18. The first-order chi connectivity index (χ1) is 10.6. The minimum Gasteiger partial charge on any atom is -0.462 e. The number of hydrogen-bond acceptors (Lipinski definition) is 3. The Morgan fingerprint density at radius 3 is 2.91 bits per heavy atom. The van der Waals surface area contributed by atoms with Gasteiger partial charge < -0.3 is 9.72 Å². The lowest BCUT2D eigenvalue weighted by molar-refractivity contribution is 0.0526. The van der Waals surface area contributed by atoms with Gasteiger partial charge in [-0.05, 0) is 43.3 Å². The predicted octanol–water partition coefficient (Wildman–Crippen LogP) is 4.82. The van der Waals surface area contributed by atoms with Gasteiger partial charge in [-0.25, -0.2) is 9.78 Å². The summed E-state index contributed by atoms with van der Waals surface area (Å²) in [6.07, 6.45) is 0. The molecule has 0 aliphatic rings. The SMILES string of the molecule is CCOC(=O)c1ccc2nc(-c3cc(Br)ccc3Cl)[nH]c2c1. The van der Waals surface area contributed by atoms with Crippen molar-refractivity contribution < 1.29 is 9.53 Å². The predicted molar refractivity (Wildman–Crippen MR) is 90.2 cm³/mol. The zero-order valence-corrected chi connectivity index (χ0v) is 14.0. The number of nitrogens with one attached hydrogen (secondary N) is 1. The zero-order valence-electron chi connectivity index (χ0n) is 11.7. The molecule has 3 rings (SSSR count). The number of halogens is 2. The second-order valence-electron chi connectivity index (χ2n) is 4.66. The molecule has 0 saturated heterocycles. The molecule has 0 spiro atoms. The van der Waals surface area contributed by atoms with E-state index in [1.807, 2.05) is 12.1 Å². The van der Waals surface area contributed by atoms with E-state index in [2.05, 4.69) is 25.9 Å². The van der Waals surface area contributed by atoms with Gasteiger partial charge in [0.2, 0.25) is 0 Å². The van der Waals surface area contributed by atoms with E-state index in [0.717, 1.165) is 21.1 Å². The van der Waals surface area contributed by atoms with Crippen molar-refractivity contribution in [2.45, 2.75) is 6.92 Å². The van der Waals surface area contributed by atoms with Gasteiger partial charge in [-0.15, -0.1) is 0 Å². The molecule has 0 unspecified atom stereocenters. The van der Waals surface area contributed by atoms with E-state index >= 15 is 0 Å². The van der Waals surface area contributed by atoms with E-state index in [0.29, 0.717) is 23.0 Å². The molecular weight excluding hydrogens is 368 g/mol. The van der Waals surface area contributed by atoms with Crippen molar-refractivity contribution in [3.05, 3.63) is 51.5 Å². The lowest BCUT2D eigenvalue weighted by atomic mass is 10.2. The second-order valence-corrected chi connectivity index (χ2v) is 5.98. The van der Waals surface area contributed by atoms with E-state index in [1.54, 1.807) is 31.2 Å². The Balaban J connectivity index is 2.06. The number of fused-ring (bicyclic) bond motifs is 1. The van der Waals surface area contributed by atoms with Crippen molar-refractivity contribution in [2.24, 2.45) is 0 Å². The Labute approximate surface area is 140 Å². The molecule has 112 valence electrons. The number of carbonyl (C=O) groups is 1. The molecule has 22 heavy (non-hydrogen) atoms. The van der Waals surface area contributed by atoms with Crippen molar-refractivity contribution in [3.8, 4) is 11.4 Å². The van der Waals surface area contributed by atoms with Crippen LogP contribution in [0.2, 0.25) is 5.02 Å². The van der Waals surface area contributed by atoms with Crippen LogP contribution in [0.3, 0.4) is 0 Å². The minimum absolute atomic E-state index is 0.346. The van der Waals surface area contributed by atoms with Crippen molar-refractivity contribution >= 4 is 44.5 Å². The van der Waals surface area contributed by atoms with Crippen molar-refractivity contribution in [1.82, 2.24) is 9.97 Å². The number of ether oxygens (including phenoxy) is 1. The van der Waals surface area contributed by atoms with Crippen LogP contribution in [-0.4, -0.2) is 22.5 Å². The fourth-order valence-corrected chi connectivity index (χ4v) is 2.73. The van der Waals surface area contributed by atoms with Gasteiger partial charge in [0, 0.05) is 10.0 Å². The molecule has 1 aromatic heterocycles. The average molecular weight is 380 g/mol. The minimum atomic E-state index is -0.346. The molecular formula is C16H12BrClN2O2. The topological polar surface area (TPSA) is 55.0 Å². The lowest BCUT2D eigenvalue weighted by Gasteiger charge is -2.01. The molecule has 1 heterocycles. The lowest BCUT2D eigenvalue weighted by Crippen LogP contribution is -2.04. The number of benzene rings is 2. The Bertz CT molecular complexity index is 860. The van der Waals surface area contributed by atoms with E-state index in [9.17, 15) is 4.79 Å². The summed E-state index contributed by atoms with van der Waals surface area (Å²) in [6.45, 7) is 2.12. The molecule has 0 atom stereocenters. The zero-order chi connectivity index (χ0) is 15.7. The summed E-state index contributed by atoms with van der Waals surface area (Å²) in [4.78, 5) is 19.5.